The molecule has 0 radical (unpaired) electrons. The van der Waals surface area contributed by atoms with Gasteiger partial charge in [-0.2, -0.15) is 8.42 Å². The quantitative estimate of drug-likeness (QED) is 0.170. The van der Waals surface area contributed by atoms with Crippen LogP contribution >= 0.6 is 0 Å². The minimum atomic E-state index is -3.88. The van der Waals surface area contributed by atoms with Gasteiger partial charge < -0.3 is 23.4 Å². The Labute approximate surface area is 278 Å². The molecule has 47 heavy (non-hydrogen) atoms. The van der Waals surface area contributed by atoms with E-state index in [4.69, 9.17) is 27.6 Å². The summed E-state index contributed by atoms with van der Waals surface area (Å²) in [5.74, 6) is 0. The van der Waals surface area contributed by atoms with Gasteiger partial charge in [0.25, 0.3) is 18.4 Å². The zero-order valence-corrected chi connectivity index (χ0v) is 28.9. The molecule has 0 spiro atoms. The van der Waals surface area contributed by atoms with E-state index in [0.717, 1.165) is 27.8 Å². The van der Waals surface area contributed by atoms with Gasteiger partial charge in [0.05, 0.1) is 25.6 Å². The summed E-state index contributed by atoms with van der Waals surface area (Å²) in [7, 11) is -6.98. The smallest absolute Gasteiger partial charge is 0.264 e. The Morgan fingerprint density at radius 1 is 0.617 bits per heavy atom. The molecule has 10 heteroatoms. The van der Waals surface area contributed by atoms with Crippen LogP contribution in [0.3, 0.4) is 0 Å². The van der Waals surface area contributed by atoms with Crippen LogP contribution < -0.4 is 10.4 Å². The van der Waals surface area contributed by atoms with E-state index in [9.17, 15) is 8.42 Å². The van der Waals surface area contributed by atoms with Crippen LogP contribution in [0, 0.1) is 0 Å². The second-order valence-corrected chi connectivity index (χ2v) is 18.9. The van der Waals surface area contributed by atoms with E-state index in [2.05, 4.69) is 45.0 Å². The molecule has 0 aromatic heterocycles. The number of ether oxygens (including phenoxy) is 4. The van der Waals surface area contributed by atoms with Gasteiger partial charge in [-0.1, -0.05) is 142 Å². The molecule has 2 heterocycles. The molecule has 2 aliphatic rings. The molecule has 2 fully saturated rings. The summed E-state index contributed by atoms with van der Waals surface area (Å²) >= 11 is 0. The van der Waals surface area contributed by atoms with Gasteiger partial charge in [-0.25, -0.2) is 0 Å². The first-order valence-corrected chi connectivity index (χ1v) is 19.6. The molecule has 6 atom stereocenters. The normalized spacial score (nSPS) is 25.7. The van der Waals surface area contributed by atoms with Gasteiger partial charge in [-0.15, -0.1) is 0 Å². The third-order valence-corrected chi connectivity index (χ3v) is 14.3. The first-order valence-electron chi connectivity index (χ1n) is 15.9. The van der Waals surface area contributed by atoms with Gasteiger partial charge >= 0.3 is 0 Å². The minimum absolute atomic E-state index is 0.0278. The number of rotatable bonds is 9. The van der Waals surface area contributed by atoms with E-state index in [1.54, 1.807) is 0 Å². The van der Waals surface area contributed by atoms with Crippen molar-refractivity contribution in [1.82, 2.24) is 0 Å². The second kappa shape index (κ2) is 14.1. The number of benzene rings is 4. The number of hydrogen-bond donors (Lipinski definition) is 0. The monoisotopic (exact) mass is 674 g/mol. The Kier molecular flexibility index (Phi) is 10.1. The highest BCUT2D eigenvalue weighted by atomic mass is 32.2. The molecule has 248 valence electrons. The molecule has 4 aromatic carbocycles. The summed E-state index contributed by atoms with van der Waals surface area (Å²) in [5.41, 5.74) is 1.63. The van der Waals surface area contributed by atoms with Crippen molar-refractivity contribution >= 4 is 28.8 Å². The highest BCUT2D eigenvalue weighted by Crippen LogP contribution is 2.42. The average Bonchev–Trinajstić information content (AvgIpc) is 3.08. The van der Waals surface area contributed by atoms with Gasteiger partial charge in [-0.3, -0.25) is 4.18 Å². The van der Waals surface area contributed by atoms with Gasteiger partial charge in [0.15, 0.2) is 12.6 Å². The SMILES string of the molecule is CC(C)(C)[Si](O[C@@H]1COC(c2ccccc2)O[C@H]1[C@@H]1OC(c2ccccc2)OC[C@H]1OS(C)(=O)=O)(c1ccccc1)c1ccccc1. The molecule has 8 nitrogen and oxygen atoms in total. The van der Waals surface area contributed by atoms with Crippen LogP contribution in [-0.2, 0) is 37.7 Å². The summed E-state index contributed by atoms with van der Waals surface area (Å²) < 4.78 is 64.2. The fraction of sp³-hybridized carbons (Fsp3) is 0.351. The van der Waals surface area contributed by atoms with Crippen molar-refractivity contribution in [2.24, 2.45) is 0 Å². The van der Waals surface area contributed by atoms with E-state index in [1.807, 2.05) is 97.1 Å². The summed E-state index contributed by atoms with van der Waals surface area (Å²) in [6, 6.07) is 39.9. The number of hydrogen-bond acceptors (Lipinski definition) is 8. The fourth-order valence-electron chi connectivity index (χ4n) is 6.57. The van der Waals surface area contributed by atoms with Crippen LogP contribution in [-0.4, -0.2) is 60.6 Å². The largest absolute Gasteiger partial charge is 0.399 e. The van der Waals surface area contributed by atoms with Crippen molar-refractivity contribution < 1.29 is 36.0 Å². The van der Waals surface area contributed by atoms with Gasteiger partial charge in [0, 0.05) is 11.1 Å². The van der Waals surface area contributed by atoms with Gasteiger partial charge in [-0.05, 0) is 15.4 Å². The molecule has 0 saturated carbocycles. The van der Waals surface area contributed by atoms with Crippen molar-refractivity contribution in [3.63, 3.8) is 0 Å². The minimum Gasteiger partial charge on any atom is -0.399 e. The Morgan fingerprint density at radius 3 is 1.40 bits per heavy atom. The summed E-state index contributed by atoms with van der Waals surface area (Å²) in [6.45, 7) is 6.77. The van der Waals surface area contributed by atoms with Crippen LogP contribution in [0.25, 0.3) is 0 Å². The van der Waals surface area contributed by atoms with Crippen LogP contribution in [0.1, 0.15) is 44.5 Å². The molecule has 0 bridgehead atoms. The standard InChI is InChI=1S/C37H42O8SSi/c1-37(2,3)47(29-21-13-7-14-22-29,30-23-15-8-16-24-30)45-32-26-41-36(28-19-11-6-12-20-28)43-34(32)33-31(44-46(4,38)39)25-40-35(42-33)27-17-9-5-10-18-27/h5-24,31-36H,25-26H2,1-4H3/t31-,32-,33-,34-,35?,36?/m1/s1. The van der Waals surface area contributed by atoms with Crippen molar-refractivity contribution in [1.29, 1.82) is 0 Å². The molecule has 4 aromatic rings. The van der Waals surface area contributed by atoms with E-state index >= 15 is 0 Å². The highest BCUT2D eigenvalue weighted by Gasteiger charge is 2.55. The van der Waals surface area contributed by atoms with Crippen LogP contribution in [0.2, 0.25) is 5.04 Å². The highest BCUT2D eigenvalue weighted by molar-refractivity contribution is 7.86. The average molecular weight is 675 g/mol. The predicted octanol–water partition coefficient (Wildman–Crippen LogP) is 5.50. The van der Waals surface area contributed by atoms with Gasteiger partial charge in [0.1, 0.15) is 18.3 Å². The molecule has 2 saturated heterocycles. The maximum absolute atomic E-state index is 12.6. The molecule has 2 aliphatic heterocycles. The predicted molar refractivity (Wildman–Crippen MR) is 182 cm³/mol. The third-order valence-electron chi connectivity index (χ3n) is 8.63. The Hall–Kier alpha value is -3.19. The lowest BCUT2D eigenvalue weighted by Crippen LogP contribution is -2.70. The molecule has 2 unspecified atom stereocenters. The molecule has 6 rings (SSSR count). The lowest BCUT2D eigenvalue weighted by Gasteiger charge is -2.50. The fourth-order valence-corrected chi connectivity index (χ4v) is 11.9. The maximum Gasteiger partial charge on any atom is 0.264 e. The molecule has 0 amide bonds. The van der Waals surface area contributed by atoms with Crippen molar-refractivity contribution in [3.8, 4) is 0 Å². The lowest BCUT2D eigenvalue weighted by atomic mass is 10.0. The van der Waals surface area contributed by atoms with Gasteiger partial charge in [0.2, 0.25) is 0 Å². The second-order valence-electron chi connectivity index (χ2n) is 13.0. The van der Waals surface area contributed by atoms with Crippen molar-refractivity contribution in [2.75, 3.05) is 19.5 Å². The summed E-state index contributed by atoms with van der Waals surface area (Å²) in [5, 5.41) is 1.87. The lowest BCUT2D eigenvalue weighted by molar-refractivity contribution is -0.326. The Morgan fingerprint density at radius 2 is 1.00 bits per heavy atom. The molecule has 0 aliphatic carbocycles. The van der Waals surface area contributed by atoms with Crippen LogP contribution in [0.5, 0.6) is 0 Å². The van der Waals surface area contributed by atoms with Crippen LogP contribution in [0.15, 0.2) is 121 Å². The van der Waals surface area contributed by atoms with E-state index in [1.165, 1.54) is 0 Å². The summed E-state index contributed by atoms with van der Waals surface area (Å²) in [4.78, 5) is 0. The molecule has 0 N–H and O–H groups in total. The van der Waals surface area contributed by atoms with Crippen molar-refractivity contribution in [2.45, 2.75) is 62.8 Å². The molecular weight excluding hydrogens is 633 g/mol. The maximum atomic E-state index is 12.6. The summed E-state index contributed by atoms with van der Waals surface area (Å²) in [6.07, 6.45) is -3.81. The Balaban J connectivity index is 1.46. The third kappa shape index (κ3) is 7.45. The molecular formula is C37H42O8SSi. The topological polar surface area (TPSA) is 89.5 Å². The Bertz CT molecular complexity index is 1640. The van der Waals surface area contributed by atoms with E-state index < -0.39 is 55.4 Å². The zero-order valence-electron chi connectivity index (χ0n) is 27.1. The zero-order chi connectivity index (χ0) is 33.1. The first kappa shape index (κ1) is 33.7. The van der Waals surface area contributed by atoms with E-state index in [0.29, 0.717) is 0 Å². The van der Waals surface area contributed by atoms with Crippen LogP contribution in [0.4, 0.5) is 0 Å². The van der Waals surface area contributed by atoms with E-state index in [-0.39, 0.29) is 18.3 Å². The van der Waals surface area contributed by atoms with Crippen molar-refractivity contribution in [3.05, 3.63) is 132 Å². The first-order chi connectivity index (χ1) is 22.5.